The van der Waals surface area contributed by atoms with Crippen LogP contribution in [0.1, 0.15) is 116 Å². The Bertz CT molecular complexity index is 1760. The summed E-state index contributed by atoms with van der Waals surface area (Å²) in [7, 11) is 2.62. The Hall–Kier alpha value is -4.50. The summed E-state index contributed by atoms with van der Waals surface area (Å²) >= 11 is 0. The first-order chi connectivity index (χ1) is 31.5. The standard InChI is InChI=1S/C44H78N6O19/c1-40(2,3)66-36(56)46-19-18-25(51)32(54)47-23-20-24(49-38(58)68-42(7,8)9)30(64-33-22(48-37(57)67-41(4,5)6)16-17-26(62-33)63-35(55)45-14)27(52)29(23)65-34-28(53)31(44(13,60)21-61-34)50(15)39(59)69-43(10,11)12/h22-31,33-34,51-53,60H,16-21H2,1-15H3,(H,45,55)(H,46,56)(H,47,54)(H,48,57)(H,49,58)/t22-,23-,24+,25?,26+,27-,28-,29+,30-,31-,33+,34-,44+/m1/s1. The van der Waals surface area contributed by atoms with Crippen LogP contribution in [0.2, 0.25) is 0 Å². The number of hydrogen-bond donors (Lipinski definition) is 9. The average molecular weight is 995 g/mol. The summed E-state index contributed by atoms with van der Waals surface area (Å²) in [6.07, 6.45) is -18.4. The predicted octanol–water partition coefficient (Wildman–Crippen LogP) is 1.59. The molecule has 2 heterocycles. The molecule has 69 heavy (non-hydrogen) atoms. The molecule has 0 bridgehead atoms. The fourth-order valence-electron chi connectivity index (χ4n) is 7.56. The maximum Gasteiger partial charge on any atom is 0.410 e. The van der Waals surface area contributed by atoms with Crippen molar-refractivity contribution in [3.63, 3.8) is 0 Å². The van der Waals surface area contributed by atoms with Crippen LogP contribution in [0.25, 0.3) is 0 Å². The molecule has 25 heteroatoms. The lowest BCUT2D eigenvalue weighted by atomic mass is 9.82. The van der Waals surface area contributed by atoms with Crippen LogP contribution in [0.4, 0.5) is 24.0 Å². The molecule has 25 nitrogen and oxygen atoms in total. The monoisotopic (exact) mass is 995 g/mol. The lowest BCUT2D eigenvalue weighted by Crippen LogP contribution is -2.71. The Kier molecular flexibility index (Phi) is 20.1. The Morgan fingerprint density at radius 1 is 0.696 bits per heavy atom. The Morgan fingerprint density at radius 3 is 1.71 bits per heavy atom. The van der Waals surface area contributed by atoms with Crippen LogP contribution in [0.15, 0.2) is 0 Å². The summed E-state index contributed by atoms with van der Waals surface area (Å²) < 4.78 is 51.8. The van der Waals surface area contributed by atoms with Crippen LogP contribution in [-0.4, -0.2) is 191 Å². The number of rotatable bonds is 13. The van der Waals surface area contributed by atoms with Crippen molar-refractivity contribution in [1.82, 2.24) is 31.5 Å². The highest BCUT2D eigenvalue weighted by molar-refractivity contribution is 5.81. The third-order valence-electron chi connectivity index (χ3n) is 10.3. The topological polar surface area (TPSA) is 330 Å². The van der Waals surface area contributed by atoms with Crippen LogP contribution in [0, 0.1) is 0 Å². The third kappa shape index (κ3) is 19.0. The maximum atomic E-state index is 13.8. The first kappa shape index (κ1) is 58.8. The van der Waals surface area contributed by atoms with Crippen LogP contribution in [-0.2, 0) is 47.4 Å². The molecule has 1 saturated carbocycles. The second kappa shape index (κ2) is 23.6. The number of ether oxygens (including phenoxy) is 9. The second-order valence-electron chi connectivity index (χ2n) is 21.5. The summed E-state index contributed by atoms with van der Waals surface area (Å²) in [6, 6.07) is -5.18. The number of alkyl carbamates (subject to hydrolysis) is 4. The summed E-state index contributed by atoms with van der Waals surface area (Å²) in [5, 5.41) is 59.6. The van der Waals surface area contributed by atoms with Gasteiger partial charge >= 0.3 is 30.5 Å². The molecule has 3 rings (SSSR count). The van der Waals surface area contributed by atoms with E-state index in [1.165, 1.54) is 21.0 Å². The van der Waals surface area contributed by atoms with Crippen molar-refractivity contribution in [3.8, 4) is 0 Å². The van der Waals surface area contributed by atoms with Crippen molar-refractivity contribution in [1.29, 1.82) is 0 Å². The van der Waals surface area contributed by atoms with Crippen molar-refractivity contribution in [2.45, 2.75) is 217 Å². The van der Waals surface area contributed by atoms with Gasteiger partial charge in [-0.15, -0.1) is 0 Å². The molecule has 0 spiro atoms. The van der Waals surface area contributed by atoms with Gasteiger partial charge in [0.1, 0.15) is 58.5 Å². The van der Waals surface area contributed by atoms with Gasteiger partial charge in [-0.1, -0.05) is 0 Å². The van der Waals surface area contributed by atoms with Gasteiger partial charge in [0, 0.05) is 27.1 Å². The quantitative estimate of drug-likeness (QED) is 0.118. The highest BCUT2D eigenvalue weighted by atomic mass is 16.8. The molecular formula is C44H78N6O19. The largest absolute Gasteiger partial charge is 0.444 e. The molecule has 0 aromatic rings. The maximum absolute atomic E-state index is 13.8. The highest BCUT2D eigenvalue weighted by Crippen LogP contribution is 2.35. The average Bonchev–Trinajstić information content (AvgIpc) is 3.16. The van der Waals surface area contributed by atoms with Crippen molar-refractivity contribution >= 4 is 36.4 Å². The summed E-state index contributed by atoms with van der Waals surface area (Å²) in [4.78, 5) is 79.2. The lowest BCUT2D eigenvalue weighted by Gasteiger charge is -2.50. The lowest BCUT2D eigenvalue weighted by molar-refractivity contribution is -0.321. The van der Waals surface area contributed by atoms with E-state index >= 15 is 0 Å². The van der Waals surface area contributed by atoms with E-state index < -0.39 is 145 Å². The number of aliphatic hydroxyl groups is 4. The Balaban J connectivity index is 2.11. The highest BCUT2D eigenvalue weighted by Gasteiger charge is 2.55. The fraction of sp³-hybridized carbons (Fsp3) is 0.864. The van der Waals surface area contributed by atoms with Crippen LogP contribution in [0.5, 0.6) is 0 Å². The van der Waals surface area contributed by atoms with Crippen LogP contribution >= 0.6 is 0 Å². The molecule has 2 saturated heterocycles. The first-order valence-corrected chi connectivity index (χ1v) is 22.9. The molecule has 3 fully saturated rings. The zero-order valence-corrected chi connectivity index (χ0v) is 42.5. The molecule has 2 aliphatic heterocycles. The molecule has 1 unspecified atom stereocenters. The minimum Gasteiger partial charge on any atom is -0.444 e. The van der Waals surface area contributed by atoms with Gasteiger partial charge in [-0.05, 0) is 109 Å². The predicted molar refractivity (Wildman–Crippen MR) is 241 cm³/mol. The summed E-state index contributed by atoms with van der Waals surface area (Å²) in [6.45, 7) is 20.2. The number of nitrogens with zero attached hydrogens (tertiary/aromatic N) is 1. The van der Waals surface area contributed by atoms with Crippen molar-refractivity contribution in [2.24, 2.45) is 0 Å². The summed E-state index contributed by atoms with van der Waals surface area (Å²) in [5.41, 5.74) is -5.62. The van der Waals surface area contributed by atoms with Gasteiger partial charge in [0.2, 0.25) is 12.2 Å². The van der Waals surface area contributed by atoms with Gasteiger partial charge in [0.25, 0.3) is 0 Å². The zero-order chi connectivity index (χ0) is 52.6. The molecule has 398 valence electrons. The molecular weight excluding hydrogens is 917 g/mol. The number of aliphatic hydroxyl groups excluding tert-OH is 3. The van der Waals surface area contributed by atoms with Crippen molar-refractivity contribution in [3.05, 3.63) is 0 Å². The van der Waals surface area contributed by atoms with Gasteiger partial charge in [-0.25, -0.2) is 24.0 Å². The number of hydrogen-bond acceptors (Lipinski definition) is 19. The second-order valence-corrected chi connectivity index (χ2v) is 21.5. The van der Waals surface area contributed by atoms with Gasteiger partial charge in [0.15, 0.2) is 12.6 Å². The number of nitrogens with one attached hydrogen (secondary N) is 5. The molecule has 13 atom stereocenters. The van der Waals surface area contributed by atoms with Crippen molar-refractivity contribution in [2.75, 3.05) is 27.2 Å². The molecule has 3 aliphatic rings. The van der Waals surface area contributed by atoms with E-state index in [9.17, 15) is 49.2 Å². The number of carbonyl (C=O) groups is 6. The molecule has 1 aliphatic carbocycles. The van der Waals surface area contributed by atoms with E-state index in [0.717, 1.165) is 4.90 Å². The van der Waals surface area contributed by atoms with Gasteiger partial charge in [-0.3, -0.25) is 4.79 Å². The van der Waals surface area contributed by atoms with E-state index in [-0.39, 0.29) is 32.2 Å². The Labute approximate surface area is 403 Å². The van der Waals surface area contributed by atoms with E-state index in [4.69, 9.17) is 42.6 Å². The number of amides is 6. The minimum atomic E-state index is -1.96. The van der Waals surface area contributed by atoms with Crippen molar-refractivity contribution < 1.29 is 91.8 Å². The van der Waals surface area contributed by atoms with Crippen LogP contribution in [0.3, 0.4) is 0 Å². The number of likely N-dealkylation sites (N-methyl/N-ethyl adjacent to an activating group) is 1. The van der Waals surface area contributed by atoms with E-state index in [2.05, 4.69) is 26.6 Å². The summed E-state index contributed by atoms with van der Waals surface area (Å²) in [5.74, 6) is -1.01. The minimum absolute atomic E-state index is 0.0651. The SMILES string of the molecule is CNC(=O)O[C@H]1CC[C@@H](NC(=O)OC(C)(C)C)[C@H](O[C@H]2[C@H](O)[C@@H](O[C@H]3OC[C@](C)(O)[C@H](N(C)C(=O)OC(C)(C)C)[C@H]3O)[C@H](NC(=O)C(O)CCNC(=O)OC(C)(C)C)C[C@@H]2NC(=O)OC(C)(C)C)O1. The van der Waals surface area contributed by atoms with E-state index in [1.54, 1.807) is 83.1 Å². The molecule has 9 N–H and O–H groups in total. The first-order valence-electron chi connectivity index (χ1n) is 22.9. The van der Waals surface area contributed by atoms with Gasteiger partial charge < -0.3 is 94.5 Å². The van der Waals surface area contributed by atoms with Crippen LogP contribution < -0.4 is 26.6 Å². The number of carbonyl (C=O) groups excluding carboxylic acids is 6. The molecule has 0 radical (unpaired) electrons. The fourth-order valence-corrected chi connectivity index (χ4v) is 7.56. The zero-order valence-electron chi connectivity index (χ0n) is 42.5. The van der Waals surface area contributed by atoms with Gasteiger partial charge in [0.05, 0.1) is 30.8 Å². The smallest absolute Gasteiger partial charge is 0.410 e. The normalized spacial score (nSPS) is 30.3. The van der Waals surface area contributed by atoms with E-state index in [1.807, 2.05) is 0 Å². The molecule has 6 amide bonds. The third-order valence-corrected chi connectivity index (χ3v) is 10.3. The molecule has 0 aromatic heterocycles. The Morgan fingerprint density at radius 2 is 1.19 bits per heavy atom. The van der Waals surface area contributed by atoms with E-state index in [0.29, 0.717) is 0 Å². The molecule has 0 aromatic carbocycles. The van der Waals surface area contributed by atoms with Gasteiger partial charge in [-0.2, -0.15) is 0 Å².